The quantitative estimate of drug-likeness (QED) is 0.157. The Morgan fingerprint density at radius 2 is 0.935 bits per heavy atom. The number of rotatable bonds is 15. The summed E-state index contributed by atoms with van der Waals surface area (Å²) >= 11 is 0. The highest BCUT2D eigenvalue weighted by molar-refractivity contribution is 5.11. The van der Waals surface area contributed by atoms with Crippen LogP contribution in [0.5, 0.6) is 0 Å². The van der Waals surface area contributed by atoms with Gasteiger partial charge in [0.2, 0.25) is 0 Å². The van der Waals surface area contributed by atoms with Crippen molar-refractivity contribution < 1.29 is 0 Å². The van der Waals surface area contributed by atoms with E-state index in [2.05, 4.69) is 91.1 Å². The molecule has 0 aromatic heterocycles. The van der Waals surface area contributed by atoms with E-state index in [1.807, 2.05) is 0 Å². The maximum absolute atomic E-state index is 3.56. The van der Waals surface area contributed by atoms with Crippen LogP contribution < -0.4 is 5.32 Å². The van der Waals surface area contributed by atoms with Crippen LogP contribution in [0.15, 0.2) is 58.2 Å². The lowest BCUT2D eigenvalue weighted by molar-refractivity contribution is 0.694. The first-order valence-corrected chi connectivity index (χ1v) is 12.6. The third kappa shape index (κ3) is 14.4. The van der Waals surface area contributed by atoms with Crippen molar-refractivity contribution in [2.75, 3.05) is 0 Å². The molecule has 0 aliphatic carbocycles. The van der Waals surface area contributed by atoms with Crippen LogP contribution in [-0.4, -0.2) is 11.6 Å². The Balaban J connectivity index is 2.15. The maximum atomic E-state index is 3.56. The van der Waals surface area contributed by atoms with Crippen LogP contribution >= 0.6 is 0 Å². The van der Waals surface area contributed by atoms with E-state index in [1.165, 1.54) is 86.5 Å². The molecule has 1 rings (SSSR count). The zero-order valence-electron chi connectivity index (χ0n) is 22.0. The fourth-order valence-corrected chi connectivity index (χ4v) is 3.96. The Kier molecular flexibility index (Phi) is 13.1. The molecule has 1 unspecified atom stereocenters. The van der Waals surface area contributed by atoms with Crippen LogP contribution in [0.25, 0.3) is 0 Å². The van der Waals surface area contributed by atoms with Crippen molar-refractivity contribution in [2.24, 2.45) is 0 Å². The summed E-state index contributed by atoms with van der Waals surface area (Å²) in [4.78, 5) is 0. The lowest BCUT2D eigenvalue weighted by Crippen LogP contribution is -2.03. The SMILES string of the molecule is CC(C)=CCC/C(C)=C/CC/C(C)=C/CC/C=C(\C)CC/C=C(\C)CCC1NC1(C)C. The molecule has 1 fully saturated rings. The molecule has 1 aliphatic rings. The number of unbranched alkanes of at least 4 members (excludes halogenated alkanes) is 1. The van der Waals surface area contributed by atoms with Crippen molar-refractivity contribution in [1.29, 1.82) is 0 Å². The first kappa shape index (κ1) is 27.7. The van der Waals surface area contributed by atoms with E-state index in [0.29, 0.717) is 5.54 Å². The monoisotopic (exact) mass is 425 g/mol. The molecule has 1 saturated heterocycles. The molecule has 1 nitrogen and oxygen atoms in total. The molecule has 176 valence electrons. The Morgan fingerprint density at radius 1 is 0.581 bits per heavy atom. The van der Waals surface area contributed by atoms with Gasteiger partial charge in [0.25, 0.3) is 0 Å². The Hall–Kier alpha value is -1.34. The topological polar surface area (TPSA) is 21.9 Å². The predicted octanol–water partition coefficient (Wildman–Crippen LogP) is 9.39. The number of hydrogen-bond donors (Lipinski definition) is 1. The molecule has 0 spiro atoms. The molecule has 0 aromatic carbocycles. The highest BCUT2D eigenvalue weighted by Crippen LogP contribution is 2.29. The predicted molar refractivity (Wildman–Crippen MR) is 142 cm³/mol. The zero-order valence-corrected chi connectivity index (χ0v) is 22.0. The van der Waals surface area contributed by atoms with E-state index in [4.69, 9.17) is 0 Å². The molecule has 31 heavy (non-hydrogen) atoms. The molecular formula is C30H51N. The van der Waals surface area contributed by atoms with Gasteiger partial charge in [-0.3, -0.25) is 0 Å². The van der Waals surface area contributed by atoms with Crippen molar-refractivity contribution in [3.8, 4) is 0 Å². The van der Waals surface area contributed by atoms with Gasteiger partial charge in [-0.05, 0) is 120 Å². The van der Waals surface area contributed by atoms with Crippen molar-refractivity contribution in [1.82, 2.24) is 5.32 Å². The number of nitrogens with one attached hydrogen (secondary N) is 1. The molecule has 1 aliphatic heterocycles. The first-order valence-electron chi connectivity index (χ1n) is 12.6. The molecule has 1 heterocycles. The summed E-state index contributed by atoms with van der Waals surface area (Å²) in [7, 11) is 0. The highest BCUT2D eigenvalue weighted by atomic mass is 15.2. The van der Waals surface area contributed by atoms with Crippen LogP contribution in [0.4, 0.5) is 0 Å². The van der Waals surface area contributed by atoms with E-state index in [0.717, 1.165) is 6.04 Å². The fraction of sp³-hybridized carbons (Fsp3) is 0.667. The summed E-state index contributed by atoms with van der Waals surface area (Å²) in [6, 6.07) is 0.724. The summed E-state index contributed by atoms with van der Waals surface area (Å²) in [6.45, 7) is 18.1. The Bertz CT molecular complexity index is 677. The average molecular weight is 426 g/mol. The van der Waals surface area contributed by atoms with E-state index >= 15 is 0 Å². The van der Waals surface area contributed by atoms with E-state index in [9.17, 15) is 0 Å². The normalized spacial score (nSPS) is 19.5. The minimum absolute atomic E-state index is 0.382. The molecule has 0 aromatic rings. The van der Waals surface area contributed by atoms with Crippen LogP contribution in [0.1, 0.15) is 120 Å². The Labute approximate surface area is 194 Å². The molecule has 0 bridgehead atoms. The summed E-state index contributed by atoms with van der Waals surface area (Å²) in [5.74, 6) is 0. The fourth-order valence-electron chi connectivity index (χ4n) is 3.96. The van der Waals surface area contributed by atoms with Crippen LogP contribution in [0.2, 0.25) is 0 Å². The summed E-state index contributed by atoms with van der Waals surface area (Å²) < 4.78 is 0. The van der Waals surface area contributed by atoms with Gasteiger partial charge in [0.15, 0.2) is 0 Å². The van der Waals surface area contributed by atoms with Crippen molar-refractivity contribution in [2.45, 2.75) is 131 Å². The molecule has 1 N–H and O–H groups in total. The summed E-state index contributed by atoms with van der Waals surface area (Å²) in [5, 5.41) is 3.56. The van der Waals surface area contributed by atoms with Gasteiger partial charge >= 0.3 is 0 Å². The maximum Gasteiger partial charge on any atom is 0.0281 e. The van der Waals surface area contributed by atoms with Gasteiger partial charge in [-0.25, -0.2) is 0 Å². The molecule has 1 heteroatoms. The first-order chi connectivity index (χ1) is 14.6. The standard InChI is InChI=1S/C30H51N/c1-24(2)14-11-17-27(5)20-12-18-25(3)15-9-10-16-26(4)19-13-21-28(6)22-23-29-30(7,8)31-29/h14-16,20-21,29,31H,9-13,17-19,22-23H2,1-8H3/b25-15+,26-16+,27-20+,28-21+. The molecule has 0 saturated carbocycles. The van der Waals surface area contributed by atoms with Gasteiger partial charge in [0.05, 0.1) is 0 Å². The minimum Gasteiger partial charge on any atom is -0.306 e. The summed E-state index contributed by atoms with van der Waals surface area (Å²) in [6.07, 6.45) is 24.1. The second-order valence-electron chi connectivity index (χ2n) is 10.6. The lowest BCUT2D eigenvalue weighted by atomic mass is 10.0. The van der Waals surface area contributed by atoms with Crippen LogP contribution in [0, 0.1) is 0 Å². The molecule has 1 atom stereocenters. The van der Waals surface area contributed by atoms with E-state index < -0.39 is 0 Å². The lowest BCUT2D eigenvalue weighted by Gasteiger charge is -2.03. The third-order valence-electron chi connectivity index (χ3n) is 6.47. The van der Waals surface area contributed by atoms with Crippen LogP contribution in [-0.2, 0) is 0 Å². The smallest absolute Gasteiger partial charge is 0.0281 e. The van der Waals surface area contributed by atoms with Gasteiger partial charge in [-0.2, -0.15) is 0 Å². The van der Waals surface area contributed by atoms with Crippen molar-refractivity contribution in [3.05, 3.63) is 58.2 Å². The second-order valence-corrected chi connectivity index (χ2v) is 10.6. The van der Waals surface area contributed by atoms with Gasteiger partial charge < -0.3 is 5.32 Å². The highest BCUT2D eigenvalue weighted by Gasteiger charge is 2.43. The van der Waals surface area contributed by atoms with Crippen molar-refractivity contribution in [3.63, 3.8) is 0 Å². The van der Waals surface area contributed by atoms with Crippen LogP contribution in [0.3, 0.4) is 0 Å². The van der Waals surface area contributed by atoms with E-state index in [-0.39, 0.29) is 0 Å². The Morgan fingerprint density at radius 3 is 1.32 bits per heavy atom. The number of hydrogen-bond acceptors (Lipinski definition) is 1. The number of allylic oxidation sites excluding steroid dienone is 10. The minimum atomic E-state index is 0.382. The third-order valence-corrected chi connectivity index (χ3v) is 6.47. The van der Waals surface area contributed by atoms with Crippen molar-refractivity contribution >= 4 is 0 Å². The largest absolute Gasteiger partial charge is 0.306 e. The summed E-state index contributed by atoms with van der Waals surface area (Å²) in [5.41, 5.74) is 7.96. The average Bonchev–Trinajstić information content (AvgIpc) is 3.30. The second kappa shape index (κ2) is 14.7. The molecule has 0 radical (unpaired) electrons. The molecular weight excluding hydrogens is 374 g/mol. The molecule has 0 amide bonds. The van der Waals surface area contributed by atoms with Gasteiger partial charge in [-0.15, -0.1) is 0 Å². The van der Waals surface area contributed by atoms with E-state index in [1.54, 1.807) is 5.57 Å². The van der Waals surface area contributed by atoms with Gasteiger partial charge in [0, 0.05) is 11.6 Å². The zero-order chi connectivity index (χ0) is 23.3. The van der Waals surface area contributed by atoms with Gasteiger partial charge in [0.1, 0.15) is 0 Å². The van der Waals surface area contributed by atoms with Gasteiger partial charge in [-0.1, -0.05) is 58.2 Å².